The van der Waals surface area contributed by atoms with Crippen LogP contribution in [0.2, 0.25) is 6.82 Å². The number of carboxylic acids is 1. The molecule has 1 radical (unpaired) electrons. The number of benzene rings is 1. The van der Waals surface area contributed by atoms with E-state index in [-0.39, 0.29) is 0 Å². The van der Waals surface area contributed by atoms with E-state index in [1.165, 1.54) is 0 Å². The van der Waals surface area contributed by atoms with Gasteiger partial charge in [0.15, 0.2) is 0 Å². The number of hydrogen-bond donors (Lipinski definition) is 2. The van der Waals surface area contributed by atoms with Crippen molar-refractivity contribution < 1.29 is 9.90 Å². The lowest BCUT2D eigenvalue weighted by Crippen LogP contribution is -2.39. The summed E-state index contributed by atoms with van der Waals surface area (Å²) in [6.07, 6.45) is 0.501. The van der Waals surface area contributed by atoms with Gasteiger partial charge >= 0.3 is 5.97 Å². The summed E-state index contributed by atoms with van der Waals surface area (Å²) in [5.41, 5.74) is 1.02. The molecule has 0 heterocycles. The molecule has 3 nitrogen and oxygen atoms in total. The zero-order valence-corrected chi connectivity index (χ0v) is 8.10. The highest BCUT2D eigenvalue weighted by Gasteiger charge is 2.15. The molecule has 2 N–H and O–H groups in total. The monoisotopic (exact) mass is 190 g/mol. The third-order valence-corrected chi connectivity index (χ3v) is 1.95. The largest absolute Gasteiger partial charge is 0.480 e. The van der Waals surface area contributed by atoms with Gasteiger partial charge in [-0.15, -0.1) is 0 Å². The second-order valence-corrected chi connectivity index (χ2v) is 3.04. The fourth-order valence-electron chi connectivity index (χ4n) is 1.27. The molecule has 0 saturated heterocycles. The Kier molecular flexibility index (Phi) is 4.20. The Morgan fingerprint density at radius 2 is 2.14 bits per heavy atom. The van der Waals surface area contributed by atoms with E-state index in [0.29, 0.717) is 6.42 Å². The van der Waals surface area contributed by atoms with Gasteiger partial charge in [-0.25, -0.2) is 0 Å². The number of nitrogens with one attached hydrogen (secondary N) is 1. The molecule has 0 aliphatic heterocycles. The minimum absolute atomic E-state index is 0.501. The maximum Gasteiger partial charge on any atom is 0.320 e. The minimum Gasteiger partial charge on any atom is -0.480 e. The smallest absolute Gasteiger partial charge is 0.320 e. The lowest BCUT2D eigenvalue weighted by Gasteiger charge is -2.12. The van der Waals surface area contributed by atoms with E-state index in [1.807, 2.05) is 30.3 Å². The van der Waals surface area contributed by atoms with Gasteiger partial charge in [0.05, 0.1) is 6.04 Å². The number of aliphatic carboxylic acids is 1. The fourth-order valence-corrected chi connectivity index (χ4v) is 1.27. The zero-order chi connectivity index (χ0) is 10.4. The summed E-state index contributed by atoms with van der Waals surface area (Å²) in [5.74, 6) is -0.827. The molecule has 1 rings (SSSR count). The van der Waals surface area contributed by atoms with Gasteiger partial charge < -0.3 is 10.3 Å². The molecular weight excluding hydrogens is 177 g/mol. The molecule has 0 aliphatic carbocycles. The summed E-state index contributed by atoms with van der Waals surface area (Å²) >= 11 is 0. The lowest BCUT2D eigenvalue weighted by molar-refractivity contribution is -0.138. The Bertz CT molecular complexity index is 289. The molecule has 1 aromatic carbocycles. The molecule has 4 heteroatoms. The third kappa shape index (κ3) is 3.22. The number of hydrogen-bond acceptors (Lipinski definition) is 2. The van der Waals surface area contributed by atoms with Crippen molar-refractivity contribution in [2.75, 3.05) is 0 Å². The topological polar surface area (TPSA) is 49.3 Å². The third-order valence-electron chi connectivity index (χ3n) is 1.95. The van der Waals surface area contributed by atoms with E-state index < -0.39 is 12.0 Å². The van der Waals surface area contributed by atoms with Crippen LogP contribution < -0.4 is 5.23 Å². The van der Waals surface area contributed by atoms with Crippen molar-refractivity contribution in [3.8, 4) is 0 Å². The highest BCUT2D eigenvalue weighted by molar-refractivity contribution is 6.30. The van der Waals surface area contributed by atoms with Crippen molar-refractivity contribution in [1.29, 1.82) is 0 Å². The van der Waals surface area contributed by atoms with Gasteiger partial charge in [-0.1, -0.05) is 37.2 Å². The molecule has 1 atom stereocenters. The van der Waals surface area contributed by atoms with Gasteiger partial charge in [-0.2, -0.15) is 0 Å². The van der Waals surface area contributed by atoms with Crippen molar-refractivity contribution in [3.05, 3.63) is 35.9 Å². The standard InChI is InChI=1S/C10H13BNO2/c1-11-12-9(10(13)14)7-8-5-3-2-4-6-8/h2-6,9,12H,7H2,1H3,(H,13,14). The maximum absolute atomic E-state index is 10.8. The van der Waals surface area contributed by atoms with E-state index in [0.717, 1.165) is 5.56 Å². The van der Waals surface area contributed by atoms with Gasteiger partial charge in [0.2, 0.25) is 7.41 Å². The van der Waals surface area contributed by atoms with Gasteiger partial charge in [0.1, 0.15) is 0 Å². The Morgan fingerprint density at radius 3 is 2.64 bits per heavy atom. The van der Waals surface area contributed by atoms with E-state index >= 15 is 0 Å². The van der Waals surface area contributed by atoms with Crippen LogP contribution >= 0.6 is 0 Å². The predicted molar refractivity (Wildman–Crippen MR) is 56.3 cm³/mol. The van der Waals surface area contributed by atoms with Crippen LogP contribution in [0.4, 0.5) is 0 Å². The van der Waals surface area contributed by atoms with Crippen LogP contribution in [-0.2, 0) is 11.2 Å². The van der Waals surface area contributed by atoms with Crippen molar-refractivity contribution in [3.63, 3.8) is 0 Å². The molecule has 0 aliphatic rings. The molecule has 0 amide bonds. The van der Waals surface area contributed by atoms with Crippen LogP contribution in [0.15, 0.2) is 30.3 Å². The molecule has 0 bridgehead atoms. The van der Waals surface area contributed by atoms with Crippen LogP contribution in [0.3, 0.4) is 0 Å². The van der Waals surface area contributed by atoms with Gasteiger partial charge in [-0.3, -0.25) is 4.79 Å². The average Bonchev–Trinajstić information content (AvgIpc) is 2.18. The first-order chi connectivity index (χ1) is 6.74. The Labute approximate surface area is 84.4 Å². The summed E-state index contributed by atoms with van der Waals surface area (Å²) in [5, 5.41) is 11.7. The number of rotatable bonds is 5. The normalized spacial score (nSPS) is 12.1. The predicted octanol–water partition coefficient (Wildman–Crippen LogP) is 0.939. The Morgan fingerprint density at radius 1 is 1.50 bits per heavy atom. The van der Waals surface area contributed by atoms with E-state index in [9.17, 15) is 4.79 Å². The van der Waals surface area contributed by atoms with Gasteiger partial charge in [0, 0.05) is 0 Å². The summed E-state index contributed by atoms with van der Waals surface area (Å²) in [6.45, 7) is 1.78. The summed E-state index contributed by atoms with van der Waals surface area (Å²) in [6, 6.07) is 9.04. The summed E-state index contributed by atoms with van der Waals surface area (Å²) < 4.78 is 0. The highest BCUT2D eigenvalue weighted by atomic mass is 16.4. The first-order valence-electron chi connectivity index (χ1n) is 4.54. The van der Waals surface area contributed by atoms with Crippen LogP contribution in [0.1, 0.15) is 5.56 Å². The van der Waals surface area contributed by atoms with Crippen molar-refractivity contribution in [2.24, 2.45) is 0 Å². The fraction of sp³-hybridized carbons (Fsp3) is 0.300. The Hall–Kier alpha value is -1.29. The quantitative estimate of drug-likeness (QED) is 0.679. The second-order valence-electron chi connectivity index (χ2n) is 3.04. The number of carbonyl (C=O) groups is 1. The molecular formula is C10H13BNO2. The van der Waals surface area contributed by atoms with E-state index in [2.05, 4.69) is 5.23 Å². The van der Waals surface area contributed by atoms with E-state index in [4.69, 9.17) is 5.11 Å². The molecule has 0 aromatic heterocycles. The van der Waals surface area contributed by atoms with Crippen LogP contribution in [0.25, 0.3) is 0 Å². The molecule has 0 fully saturated rings. The molecule has 1 aromatic rings. The maximum atomic E-state index is 10.8. The van der Waals surface area contributed by atoms with Crippen molar-refractivity contribution >= 4 is 13.4 Å². The molecule has 14 heavy (non-hydrogen) atoms. The first kappa shape index (κ1) is 10.8. The second kappa shape index (κ2) is 5.45. The highest BCUT2D eigenvalue weighted by Crippen LogP contribution is 2.02. The minimum atomic E-state index is -0.827. The SMILES string of the molecule is C[B]NC(Cc1ccccc1)C(=O)O. The Balaban J connectivity index is 2.60. The zero-order valence-electron chi connectivity index (χ0n) is 8.10. The van der Waals surface area contributed by atoms with Crippen molar-refractivity contribution in [2.45, 2.75) is 19.3 Å². The summed E-state index contributed by atoms with van der Waals surface area (Å²) in [4.78, 5) is 10.8. The van der Waals surface area contributed by atoms with Gasteiger partial charge in [0.25, 0.3) is 0 Å². The molecule has 0 saturated carbocycles. The van der Waals surface area contributed by atoms with Crippen LogP contribution in [-0.4, -0.2) is 24.5 Å². The van der Waals surface area contributed by atoms with Crippen LogP contribution in [0.5, 0.6) is 0 Å². The first-order valence-corrected chi connectivity index (χ1v) is 4.54. The summed E-state index contributed by atoms with van der Waals surface area (Å²) in [7, 11) is 1.65. The lowest BCUT2D eigenvalue weighted by atomic mass is 9.95. The van der Waals surface area contributed by atoms with Crippen LogP contribution in [0, 0.1) is 0 Å². The molecule has 73 valence electrons. The molecule has 0 spiro atoms. The molecule has 1 unspecified atom stereocenters. The van der Waals surface area contributed by atoms with E-state index in [1.54, 1.807) is 14.2 Å². The average molecular weight is 190 g/mol. The number of carboxylic acid groups (broad SMARTS) is 1. The van der Waals surface area contributed by atoms with Crippen molar-refractivity contribution in [1.82, 2.24) is 5.23 Å². The van der Waals surface area contributed by atoms with Gasteiger partial charge in [-0.05, 0) is 12.0 Å².